The molecule has 0 unspecified atom stereocenters. The second-order valence-corrected chi connectivity index (χ2v) is 3.24. The van der Waals surface area contributed by atoms with E-state index in [1.165, 1.54) is 24.4 Å². The summed E-state index contributed by atoms with van der Waals surface area (Å²) in [6.07, 6.45) is -5.08. The van der Waals surface area contributed by atoms with Crippen LogP contribution in [0, 0.1) is 6.92 Å². The maximum atomic E-state index is 12.0. The van der Waals surface area contributed by atoms with E-state index in [1.807, 2.05) is 0 Å². The molecule has 0 atom stereocenters. The number of aryl methyl sites for hydroxylation is 1. The molecule has 0 heterocycles. The molecule has 1 aromatic rings. The molecular weight excluding hydrogens is 239 g/mol. The van der Waals surface area contributed by atoms with E-state index in [2.05, 4.69) is 0 Å². The van der Waals surface area contributed by atoms with Crippen LogP contribution in [0.4, 0.5) is 18.9 Å². The van der Waals surface area contributed by atoms with Crippen LogP contribution in [-0.2, 0) is 4.79 Å². The quantitative estimate of drug-likeness (QED) is 0.841. The van der Waals surface area contributed by atoms with Crippen LogP contribution < -0.4 is 10.4 Å². The maximum Gasteiger partial charge on any atom is 0.471 e. The zero-order chi connectivity index (χ0) is 13.2. The van der Waals surface area contributed by atoms with Crippen molar-refractivity contribution in [3.63, 3.8) is 0 Å². The number of carbonyl (C=O) groups excluding carboxylic acids is 2. The van der Waals surface area contributed by atoms with E-state index in [0.29, 0.717) is 0 Å². The molecule has 4 nitrogen and oxygen atoms in total. The standard InChI is InChI=1S/C10H8F3NO3/c1-5-3-2-4-6(7(5)8(15)16)14-9(17)10(11,12)13/h2-4H,1H3,(H,14,17)(H,15,16)/p-1. The average molecular weight is 246 g/mol. The van der Waals surface area contributed by atoms with Gasteiger partial charge in [0.25, 0.3) is 0 Å². The molecule has 17 heavy (non-hydrogen) atoms. The van der Waals surface area contributed by atoms with E-state index in [9.17, 15) is 27.9 Å². The number of carboxylic acids is 1. The molecule has 0 aliphatic rings. The largest absolute Gasteiger partial charge is 0.545 e. The van der Waals surface area contributed by atoms with Gasteiger partial charge in [0, 0.05) is 5.56 Å². The Morgan fingerprint density at radius 2 is 1.88 bits per heavy atom. The number of carboxylic acid groups (broad SMARTS) is 1. The van der Waals surface area contributed by atoms with Gasteiger partial charge in [-0.15, -0.1) is 0 Å². The Balaban J connectivity index is 3.12. The number of amides is 1. The van der Waals surface area contributed by atoms with Crippen molar-refractivity contribution >= 4 is 17.6 Å². The normalized spacial score (nSPS) is 11.1. The number of benzene rings is 1. The maximum absolute atomic E-state index is 12.0. The first-order chi connectivity index (χ1) is 7.73. The molecule has 0 spiro atoms. The Bertz CT molecular complexity index is 468. The molecule has 0 aromatic heterocycles. The first-order valence-electron chi connectivity index (χ1n) is 4.42. The van der Waals surface area contributed by atoms with Crippen molar-refractivity contribution in [3.8, 4) is 0 Å². The lowest BCUT2D eigenvalue weighted by Gasteiger charge is -2.15. The third-order valence-electron chi connectivity index (χ3n) is 1.98. The first-order valence-corrected chi connectivity index (χ1v) is 4.42. The Morgan fingerprint density at radius 1 is 1.29 bits per heavy atom. The molecule has 1 rings (SSSR count). The second-order valence-electron chi connectivity index (χ2n) is 3.24. The number of hydrogen-bond donors (Lipinski definition) is 1. The topological polar surface area (TPSA) is 69.2 Å². The molecule has 0 saturated heterocycles. The molecule has 1 amide bonds. The molecule has 0 fully saturated rings. The SMILES string of the molecule is Cc1cccc(NC(=O)C(F)(F)F)c1C(=O)[O-]. The summed E-state index contributed by atoms with van der Waals surface area (Å²) in [5.41, 5.74) is -0.706. The first kappa shape index (κ1) is 13.0. The summed E-state index contributed by atoms with van der Waals surface area (Å²) < 4.78 is 36.0. The Labute approximate surface area is 94.1 Å². The van der Waals surface area contributed by atoms with Gasteiger partial charge in [0.15, 0.2) is 0 Å². The summed E-state index contributed by atoms with van der Waals surface area (Å²) in [6, 6.07) is 3.77. The Kier molecular flexibility index (Phi) is 3.40. The molecule has 7 heteroatoms. The lowest BCUT2D eigenvalue weighted by atomic mass is 10.1. The van der Waals surface area contributed by atoms with Gasteiger partial charge in [-0.25, -0.2) is 0 Å². The fourth-order valence-electron chi connectivity index (χ4n) is 1.24. The van der Waals surface area contributed by atoms with Gasteiger partial charge < -0.3 is 15.2 Å². The number of alkyl halides is 3. The fraction of sp³-hybridized carbons (Fsp3) is 0.200. The molecule has 0 aliphatic carbocycles. The molecule has 92 valence electrons. The lowest BCUT2D eigenvalue weighted by molar-refractivity contribution is -0.255. The van der Waals surface area contributed by atoms with Crippen molar-refractivity contribution in [2.24, 2.45) is 0 Å². The van der Waals surface area contributed by atoms with Crippen molar-refractivity contribution in [3.05, 3.63) is 29.3 Å². The van der Waals surface area contributed by atoms with Gasteiger partial charge in [-0.05, 0) is 18.6 Å². The summed E-state index contributed by atoms with van der Waals surface area (Å²) in [6.45, 7) is 1.38. The molecule has 0 bridgehead atoms. The second kappa shape index (κ2) is 4.44. The minimum Gasteiger partial charge on any atom is -0.545 e. The van der Waals surface area contributed by atoms with Crippen LogP contribution in [0.3, 0.4) is 0 Å². The molecule has 0 radical (unpaired) electrons. The van der Waals surface area contributed by atoms with Crippen molar-refractivity contribution in [2.45, 2.75) is 13.1 Å². The van der Waals surface area contributed by atoms with Crippen LogP contribution in [0.1, 0.15) is 15.9 Å². The third-order valence-corrected chi connectivity index (χ3v) is 1.98. The Morgan fingerprint density at radius 3 is 2.35 bits per heavy atom. The zero-order valence-corrected chi connectivity index (χ0v) is 8.59. The van der Waals surface area contributed by atoms with Crippen LogP contribution in [0.5, 0.6) is 0 Å². The fourth-order valence-corrected chi connectivity index (χ4v) is 1.24. The van der Waals surface area contributed by atoms with Gasteiger partial charge in [-0.1, -0.05) is 12.1 Å². The zero-order valence-electron chi connectivity index (χ0n) is 8.59. The monoisotopic (exact) mass is 246 g/mol. The van der Waals surface area contributed by atoms with Gasteiger partial charge >= 0.3 is 12.1 Å². The predicted octanol–water partition coefficient (Wildman–Crippen LogP) is 0.859. The van der Waals surface area contributed by atoms with E-state index >= 15 is 0 Å². The van der Waals surface area contributed by atoms with Crippen LogP contribution in [0.15, 0.2) is 18.2 Å². The van der Waals surface area contributed by atoms with Crippen molar-refractivity contribution in [2.75, 3.05) is 5.32 Å². The number of halogens is 3. The van der Waals surface area contributed by atoms with Crippen LogP contribution >= 0.6 is 0 Å². The predicted molar refractivity (Wildman–Crippen MR) is 50.2 cm³/mol. The van der Waals surface area contributed by atoms with Gasteiger partial charge in [0.1, 0.15) is 0 Å². The average Bonchev–Trinajstić information content (AvgIpc) is 2.15. The number of hydrogen-bond acceptors (Lipinski definition) is 3. The molecule has 1 aromatic carbocycles. The van der Waals surface area contributed by atoms with Crippen LogP contribution in [0.25, 0.3) is 0 Å². The number of carbonyl (C=O) groups is 2. The minimum atomic E-state index is -5.08. The smallest absolute Gasteiger partial charge is 0.471 e. The summed E-state index contributed by atoms with van der Waals surface area (Å²) >= 11 is 0. The van der Waals surface area contributed by atoms with Crippen molar-refractivity contribution < 1.29 is 27.9 Å². The van der Waals surface area contributed by atoms with E-state index in [0.717, 1.165) is 6.07 Å². The summed E-state index contributed by atoms with van der Waals surface area (Å²) in [7, 11) is 0. The van der Waals surface area contributed by atoms with Gasteiger partial charge in [-0.2, -0.15) is 13.2 Å². The summed E-state index contributed by atoms with van der Waals surface area (Å²) in [5, 5.41) is 12.2. The van der Waals surface area contributed by atoms with E-state index < -0.39 is 29.3 Å². The number of aromatic carboxylic acids is 1. The van der Waals surface area contributed by atoms with Gasteiger partial charge in [-0.3, -0.25) is 4.79 Å². The molecular formula is C10H7F3NO3-. The highest BCUT2D eigenvalue weighted by atomic mass is 19.4. The van der Waals surface area contributed by atoms with Crippen LogP contribution in [0.2, 0.25) is 0 Å². The van der Waals surface area contributed by atoms with E-state index in [-0.39, 0.29) is 5.56 Å². The molecule has 1 N–H and O–H groups in total. The van der Waals surface area contributed by atoms with Crippen LogP contribution in [-0.4, -0.2) is 18.1 Å². The number of anilines is 1. The molecule has 0 aliphatic heterocycles. The minimum absolute atomic E-state index is 0.199. The highest BCUT2D eigenvalue weighted by molar-refractivity contribution is 6.02. The van der Waals surface area contributed by atoms with E-state index in [1.54, 1.807) is 0 Å². The van der Waals surface area contributed by atoms with Crippen molar-refractivity contribution in [1.29, 1.82) is 0 Å². The highest BCUT2D eigenvalue weighted by Gasteiger charge is 2.39. The highest BCUT2D eigenvalue weighted by Crippen LogP contribution is 2.22. The van der Waals surface area contributed by atoms with Gasteiger partial charge in [0.05, 0.1) is 11.7 Å². The Hall–Kier alpha value is -2.05. The van der Waals surface area contributed by atoms with E-state index in [4.69, 9.17) is 0 Å². The summed E-state index contributed by atoms with van der Waals surface area (Å²) in [4.78, 5) is 21.4. The summed E-state index contributed by atoms with van der Waals surface area (Å²) in [5.74, 6) is -3.88. The molecule has 0 saturated carbocycles. The van der Waals surface area contributed by atoms with Gasteiger partial charge in [0.2, 0.25) is 0 Å². The third kappa shape index (κ3) is 2.96. The van der Waals surface area contributed by atoms with Crippen molar-refractivity contribution in [1.82, 2.24) is 0 Å². The number of nitrogens with one attached hydrogen (secondary N) is 1. The number of rotatable bonds is 2. The lowest BCUT2D eigenvalue weighted by Crippen LogP contribution is -2.32.